The molecule has 0 aliphatic rings. The lowest BCUT2D eigenvalue weighted by atomic mass is 9.84. The van der Waals surface area contributed by atoms with Gasteiger partial charge in [-0.3, -0.25) is 4.98 Å². The first-order valence-electron chi connectivity index (χ1n) is 20.7. The zero-order valence-electron chi connectivity index (χ0n) is 32.8. The molecule has 0 bridgehead atoms. The monoisotopic (exact) mass is 759 g/mol. The van der Waals surface area contributed by atoms with Crippen LogP contribution in [0.4, 0.5) is 0 Å². The molecule has 0 N–H and O–H groups in total. The molecule has 0 aliphatic heterocycles. The zero-order valence-corrected chi connectivity index (χ0v) is 32.8. The van der Waals surface area contributed by atoms with Crippen LogP contribution in [0.3, 0.4) is 0 Å². The number of fused-ring (bicyclic) bond motifs is 6. The quantitative estimate of drug-likeness (QED) is 0.159. The maximum atomic E-state index is 4.49. The maximum Gasteiger partial charge on any atom is 0.0346 e. The Morgan fingerprint density at radius 3 is 1.10 bits per heavy atom. The van der Waals surface area contributed by atoms with Crippen LogP contribution in [0.2, 0.25) is 0 Å². The van der Waals surface area contributed by atoms with E-state index < -0.39 is 0 Å². The summed E-state index contributed by atoms with van der Waals surface area (Å²) in [4.78, 5) is 4.49. The highest BCUT2D eigenvalue weighted by Gasteiger charge is 2.20. The molecule has 0 unspecified atom stereocenters. The van der Waals surface area contributed by atoms with Crippen LogP contribution in [0.25, 0.3) is 120 Å². The Hall–Kier alpha value is -7.87. The number of hydrogen-bond acceptors (Lipinski definition) is 1. The predicted molar refractivity (Wildman–Crippen MR) is 256 cm³/mol. The van der Waals surface area contributed by atoms with Crippen LogP contribution in [0.1, 0.15) is 0 Å². The topological polar surface area (TPSA) is 12.9 Å². The average molecular weight is 760 g/mol. The van der Waals surface area contributed by atoms with Gasteiger partial charge in [0.05, 0.1) is 0 Å². The second kappa shape index (κ2) is 13.9. The van der Waals surface area contributed by atoms with Crippen molar-refractivity contribution in [2.24, 2.45) is 0 Å². The molecule has 1 heteroatoms. The molecule has 0 fully saturated rings. The Morgan fingerprint density at radius 1 is 0.217 bits per heavy atom. The second-order valence-electron chi connectivity index (χ2n) is 15.8. The van der Waals surface area contributed by atoms with Crippen LogP contribution in [0, 0.1) is 0 Å². The normalized spacial score (nSPS) is 11.7. The third-order valence-electron chi connectivity index (χ3n) is 12.5. The molecular formula is C59H37N. The van der Waals surface area contributed by atoms with Crippen molar-refractivity contribution >= 4 is 64.6 Å². The average Bonchev–Trinajstić information content (AvgIpc) is 3.32. The molecule has 1 heterocycles. The van der Waals surface area contributed by atoms with Crippen molar-refractivity contribution in [1.82, 2.24) is 4.98 Å². The van der Waals surface area contributed by atoms with Crippen LogP contribution >= 0.6 is 0 Å². The lowest BCUT2D eigenvalue weighted by Crippen LogP contribution is -1.92. The van der Waals surface area contributed by atoms with Gasteiger partial charge in [-0.2, -0.15) is 0 Å². The van der Waals surface area contributed by atoms with E-state index >= 15 is 0 Å². The molecule has 12 aromatic rings. The minimum absolute atomic E-state index is 1.13. The zero-order chi connectivity index (χ0) is 39.6. The number of rotatable bonds is 5. The number of hydrogen-bond donors (Lipinski definition) is 0. The Bertz CT molecular complexity index is 3580. The summed E-state index contributed by atoms with van der Waals surface area (Å²) in [5, 5.41) is 14.9. The van der Waals surface area contributed by atoms with Gasteiger partial charge in [0.1, 0.15) is 0 Å². The van der Waals surface area contributed by atoms with Crippen molar-refractivity contribution in [2.75, 3.05) is 0 Å². The van der Waals surface area contributed by atoms with Gasteiger partial charge in [0, 0.05) is 18.0 Å². The first-order valence-corrected chi connectivity index (χ1v) is 20.7. The molecule has 278 valence electrons. The fraction of sp³-hybridized carbons (Fsp3) is 0. The smallest absolute Gasteiger partial charge is 0.0346 e. The molecule has 1 aromatic heterocycles. The first-order chi connectivity index (χ1) is 29.8. The van der Waals surface area contributed by atoms with Gasteiger partial charge in [0.25, 0.3) is 0 Å². The van der Waals surface area contributed by atoms with Crippen molar-refractivity contribution < 1.29 is 0 Å². The van der Waals surface area contributed by atoms with Gasteiger partial charge >= 0.3 is 0 Å². The van der Waals surface area contributed by atoms with Gasteiger partial charge in [-0.05, 0) is 139 Å². The molecule has 0 saturated heterocycles. The highest BCUT2D eigenvalue weighted by molar-refractivity contribution is 6.23. The highest BCUT2D eigenvalue weighted by atomic mass is 14.6. The van der Waals surface area contributed by atoms with E-state index in [1.54, 1.807) is 0 Å². The summed E-state index contributed by atoms with van der Waals surface area (Å²) in [5.74, 6) is 0. The Labute approximate surface area is 348 Å². The molecule has 11 aromatic carbocycles. The Kier molecular flexibility index (Phi) is 7.92. The Balaban J connectivity index is 1.07. The SMILES string of the molecule is c1cncc(-c2c3ccccc3c(-c3ccc(-c4ccc5c(-c6ccc7ccccc7c6)c6ccccc6c(-c6ccc7ccccc7c6)c5c4)cc3)c3ccccc23)c1. The largest absolute Gasteiger partial charge is 0.264 e. The molecule has 0 amide bonds. The summed E-state index contributed by atoms with van der Waals surface area (Å²) in [7, 11) is 0. The number of pyridine rings is 1. The molecule has 12 rings (SSSR count). The van der Waals surface area contributed by atoms with E-state index in [0.717, 1.165) is 5.56 Å². The van der Waals surface area contributed by atoms with Crippen molar-refractivity contribution in [1.29, 1.82) is 0 Å². The third-order valence-corrected chi connectivity index (χ3v) is 12.5. The van der Waals surface area contributed by atoms with Gasteiger partial charge in [-0.25, -0.2) is 0 Å². The standard InChI is InChI=1S/C59H37N/c1-3-14-42-34-45(29-25-38(42)12-1)57-50-19-7-8-20-51(50)58(46-30-26-39-13-2-4-15-43(39)35-46)55-36-44(31-32-54(55)57)40-23-27-41(28-24-40)56-48-17-5-9-21-52(48)59(47-16-11-33-60-37-47)53-22-10-6-18-49(53)56/h1-37H. The van der Waals surface area contributed by atoms with Gasteiger partial charge < -0.3 is 0 Å². The van der Waals surface area contributed by atoms with Gasteiger partial charge in [-0.1, -0.05) is 188 Å². The van der Waals surface area contributed by atoms with E-state index in [1.165, 1.54) is 115 Å². The number of benzene rings is 11. The molecule has 60 heavy (non-hydrogen) atoms. The van der Waals surface area contributed by atoms with Crippen molar-refractivity contribution in [3.63, 3.8) is 0 Å². The molecule has 0 saturated carbocycles. The fourth-order valence-electron chi connectivity index (χ4n) is 9.76. The van der Waals surface area contributed by atoms with E-state index in [-0.39, 0.29) is 0 Å². The predicted octanol–water partition coefficient (Wildman–Crippen LogP) is 16.3. The van der Waals surface area contributed by atoms with Crippen molar-refractivity contribution in [2.45, 2.75) is 0 Å². The maximum absolute atomic E-state index is 4.49. The van der Waals surface area contributed by atoms with Crippen molar-refractivity contribution in [3.05, 3.63) is 225 Å². The van der Waals surface area contributed by atoms with Crippen LogP contribution in [0.15, 0.2) is 225 Å². The molecule has 0 spiro atoms. The minimum atomic E-state index is 1.13. The van der Waals surface area contributed by atoms with Crippen molar-refractivity contribution in [3.8, 4) is 55.6 Å². The van der Waals surface area contributed by atoms with Gasteiger partial charge in [0.15, 0.2) is 0 Å². The van der Waals surface area contributed by atoms with E-state index in [4.69, 9.17) is 0 Å². The lowest BCUT2D eigenvalue weighted by molar-refractivity contribution is 1.33. The van der Waals surface area contributed by atoms with E-state index in [9.17, 15) is 0 Å². The van der Waals surface area contributed by atoms with Crippen LogP contribution in [-0.4, -0.2) is 4.98 Å². The second-order valence-corrected chi connectivity index (χ2v) is 15.8. The van der Waals surface area contributed by atoms with E-state index in [2.05, 4.69) is 211 Å². The fourth-order valence-corrected chi connectivity index (χ4v) is 9.76. The number of nitrogens with zero attached hydrogens (tertiary/aromatic N) is 1. The summed E-state index contributed by atoms with van der Waals surface area (Å²) >= 11 is 0. The summed E-state index contributed by atoms with van der Waals surface area (Å²) in [5.41, 5.74) is 12.2. The molecule has 0 radical (unpaired) electrons. The summed E-state index contributed by atoms with van der Waals surface area (Å²) < 4.78 is 0. The number of aromatic nitrogens is 1. The van der Waals surface area contributed by atoms with Gasteiger partial charge in [-0.15, -0.1) is 0 Å². The molecular weight excluding hydrogens is 723 g/mol. The third kappa shape index (κ3) is 5.51. The molecule has 0 aliphatic carbocycles. The molecule has 0 atom stereocenters. The summed E-state index contributed by atoms with van der Waals surface area (Å²) in [6.07, 6.45) is 3.82. The van der Waals surface area contributed by atoms with E-state index in [1.807, 2.05) is 18.5 Å². The first kappa shape index (κ1) is 34.2. The Morgan fingerprint density at radius 2 is 0.600 bits per heavy atom. The van der Waals surface area contributed by atoms with Crippen LogP contribution in [0.5, 0.6) is 0 Å². The lowest BCUT2D eigenvalue weighted by Gasteiger charge is -2.19. The highest BCUT2D eigenvalue weighted by Crippen LogP contribution is 2.47. The summed E-state index contributed by atoms with van der Waals surface area (Å²) in [6, 6.07) is 78.3. The van der Waals surface area contributed by atoms with Gasteiger partial charge in [0.2, 0.25) is 0 Å². The van der Waals surface area contributed by atoms with E-state index in [0.29, 0.717) is 0 Å². The molecule has 1 nitrogen and oxygen atoms in total. The minimum Gasteiger partial charge on any atom is -0.264 e. The summed E-state index contributed by atoms with van der Waals surface area (Å²) in [6.45, 7) is 0. The van der Waals surface area contributed by atoms with Crippen LogP contribution in [-0.2, 0) is 0 Å². The van der Waals surface area contributed by atoms with Crippen LogP contribution < -0.4 is 0 Å².